The highest BCUT2D eigenvalue weighted by molar-refractivity contribution is 5.31. The van der Waals surface area contributed by atoms with Gasteiger partial charge in [0.05, 0.1) is 34.4 Å². The van der Waals surface area contributed by atoms with E-state index in [1.807, 2.05) is 42.5 Å². The van der Waals surface area contributed by atoms with Crippen LogP contribution in [0.25, 0.3) is 0 Å². The normalized spacial score (nSPS) is 12.0. The maximum atomic E-state index is 6.09. The van der Waals surface area contributed by atoms with Crippen molar-refractivity contribution < 1.29 is 42.7 Å². The molecular weight excluding hydrogens is 585 g/mol. The van der Waals surface area contributed by atoms with E-state index in [-0.39, 0.29) is 24.0 Å². The summed E-state index contributed by atoms with van der Waals surface area (Å²) in [5.41, 5.74) is 2.56. The zero-order valence-electron chi connectivity index (χ0n) is 23.5. The van der Waals surface area contributed by atoms with Crippen molar-refractivity contribution in [1.29, 1.82) is 0 Å². The summed E-state index contributed by atoms with van der Waals surface area (Å²) in [6.07, 6.45) is 8.25. The van der Waals surface area contributed by atoms with E-state index in [2.05, 4.69) is 63.6 Å². The van der Waals surface area contributed by atoms with Gasteiger partial charge >= 0.3 is 0 Å². The van der Waals surface area contributed by atoms with Gasteiger partial charge in [0.15, 0.2) is 0 Å². The van der Waals surface area contributed by atoms with Gasteiger partial charge in [0, 0.05) is 13.0 Å². The monoisotopic (exact) mass is 631 g/mol. The van der Waals surface area contributed by atoms with E-state index in [0.29, 0.717) is 12.6 Å². The van der Waals surface area contributed by atoms with E-state index in [0.717, 1.165) is 55.1 Å². The molecule has 1 atom stereocenters. The van der Waals surface area contributed by atoms with Gasteiger partial charge in [0.1, 0.15) is 24.1 Å². The highest BCUT2D eigenvalue weighted by atomic mass is 127. The number of benzene rings is 3. The van der Waals surface area contributed by atoms with Crippen molar-refractivity contribution in [2.24, 2.45) is 0 Å². The predicted octanol–water partition coefficient (Wildman–Crippen LogP) is 4.32. The van der Waals surface area contributed by atoms with Gasteiger partial charge in [-0.25, -0.2) is 0 Å². The topological polar surface area (TPSA) is 27.7 Å². The van der Waals surface area contributed by atoms with Crippen LogP contribution in [0.1, 0.15) is 49.7 Å². The number of likely N-dealkylation sites (N-methyl/N-ethyl adjacent to an activating group) is 1. The van der Waals surface area contributed by atoms with Crippen LogP contribution in [0, 0.1) is 0 Å². The molecule has 0 saturated heterocycles. The number of unbranched alkanes of at least 4 members (excludes halogenated alkanes) is 5. The van der Waals surface area contributed by atoms with Gasteiger partial charge in [-0.1, -0.05) is 86.3 Å². The summed E-state index contributed by atoms with van der Waals surface area (Å²) in [7, 11) is 6.78. The van der Waals surface area contributed by atoms with Crippen LogP contribution in [0.2, 0.25) is 0 Å². The summed E-state index contributed by atoms with van der Waals surface area (Å²) in [5.74, 6) is 1.77. The van der Waals surface area contributed by atoms with E-state index in [1.165, 1.54) is 36.8 Å². The summed E-state index contributed by atoms with van der Waals surface area (Å²) in [4.78, 5) is 0. The fourth-order valence-corrected chi connectivity index (χ4v) is 4.24. The van der Waals surface area contributed by atoms with Gasteiger partial charge in [-0.3, -0.25) is 0 Å². The maximum absolute atomic E-state index is 6.09. The van der Waals surface area contributed by atoms with Crippen molar-refractivity contribution in [3.8, 4) is 11.5 Å². The number of rotatable bonds is 18. The largest absolute Gasteiger partial charge is 1.00 e. The first-order valence-corrected chi connectivity index (χ1v) is 13.8. The highest BCUT2D eigenvalue weighted by Gasteiger charge is 2.24. The van der Waals surface area contributed by atoms with E-state index in [9.17, 15) is 0 Å². The lowest BCUT2D eigenvalue weighted by Crippen LogP contribution is -3.00. The molecule has 3 aromatic rings. The van der Waals surface area contributed by atoms with Gasteiger partial charge in [-0.05, 0) is 48.2 Å². The second-order valence-corrected chi connectivity index (χ2v) is 10.8. The summed E-state index contributed by atoms with van der Waals surface area (Å²) >= 11 is 0. The molecule has 0 radical (unpaired) electrons. The lowest BCUT2D eigenvalue weighted by molar-refractivity contribution is -0.896. The molecule has 0 bridgehead atoms. The lowest BCUT2D eigenvalue weighted by atomic mass is 10.0. The molecule has 0 spiro atoms. The third-order valence-corrected chi connectivity index (χ3v) is 6.74. The van der Waals surface area contributed by atoms with Crippen LogP contribution in [-0.4, -0.2) is 51.5 Å². The first-order valence-electron chi connectivity index (χ1n) is 13.8. The molecule has 3 rings (SSSR count). The Morgan fingerprint density at radius 3 is 1.66 bits per heavy atom. The lowest BCUT2D eigenvalue weighted by Gasteiger charge is -2.34. The molecule has 0 N–H and O–H groups in total. The average molecular weight is 632 g/mol. The summed E-state index contributed by atoms with van der Waals surface area (Å²) in [5, 5.41) is 0. The summed E-state index contributed by atoms with van der Waals surface area (Å²) in [6, 6.07) is 29.4. The third kappa shape index (κ3) is 13.1. The molecule has 4 nitrogen and oxygen atoms in total. The number of hydrogen-bond donors (Lipinski definition) is 0. The zero-order valence-corrected chi connectivity index (χ0v) is 25.6. The second-order valence-electron chi connectivity index (χ2n) is 10.8. The smallest absolute Gasteiger partial charge is 0.120 e. The molecule has 38 heavy (non-hydrogen) atoms. The Balaban J connectivity index is 0.00000507. The van der Waals surface area contributed by atoms with E-state index in [1.54, 1.807) is 0 Å². The van der Waals surface area contributed by atoms with Gasteiger partial charge in [-0.2, -0.15) is 0 Å². The molecular formula is C33H46INO3. The maximum Gasteiger partial charge on any atom is 0.120 e. The summed E-state index contributed by atoms with van der Waals surface area (Å²) < 4.78 is 18.7. The predicted molar refractivity (Wildman–Crippen MR) is 153 cm³/mol. The van der Waals surface area contributed by atoms with Gasteiger partial charge in [0.2, 0.25) is 0 Å². The van der Waals surface area contributed by atoms with Crippen LogP contribution >= 0.6 is 0 Å². The second kappa shape index (κ2) is 18.2. The van der Waals surface area contributed by atoms with E-state index in [4.69, 9.17) is 14.2 Å². The van der Waals surface area contributed by atoms with Crippen LogP contribution in [0.3, 0.4) is 0 Å². The Morgan fingerprint density at radius 1 is 0.579 bits per heavy atom. The quantitative estimate of drug-likeness (QED) is 0.119. The minimum absolute atomic E-state index is 0. The van der Waals surface area contributed by atoms with Crippen molar-refractivity contribution in [2.75, 3.05) is 41.0 Å². The highest BCUT2D eigenvalue weighted by Crippen LogP contribution is 2.19. The fourth-order valence-electron chi connectivity index (χ4n) is 4.24. The molecule has 0 heterocycles. The Hall–Kier alpha value is -2.09. The third-order valence-electron chi connectivity index (χ3n) is 6.74. The molecule has 0 unspecified atom stereocenters. The molecule has 0 aromatic heterocycles. The minimum atomic E-state index is 0. The molecule has 0 saturated carbocycles. The Labute approximate surface area is 247 Å². The number of ether oxygens (including phenoxy) is 3. The van der Waals surface area contributed by atoms with Gasteiger partial charge in [-0.15, -0.1) is 0 Å². The van der Waals surface area contributed by atoms with Crippen LogP contribution in [0.5, 0.6) is 11.5 Å². The van der Waals surface area contributed by atoms with Crippen molar-refractivity contribution in [3.63, 3.8) is 0 Å². The van der Waals surface area contributed by atoms with Crippen LogP contribution in [0.4, 0.5) is 0 Å². The SMILES string of the molecule is C[N+](C)(C)[C@H](COCCCCCCCCOc1ccc(OCc2ccccc2)cc1)Cc1ccccc1.[I-]. The van der Waals surface area contributed by atoms with Crippen molar-refractivity contribution >= 4 is 0 Å². The first-order chi connectivity index (χ1) is 18.0. The van der Waals surface area contributed by atoms with Crippen molar-refractivity contribution in [1.82, 2.24) is 0 Å². The number of quaternary nitrogens is 1. The zero-order chi connectivity index (χ0) is 26.2. The number of nitrogens with zero attached hydrogens (tertiary/aromatic N) is 1. The van der Waals surface area contributed by atoms with Gasteiger partial charge in [0.25, 0.3) is 0 Å². The molecule has 0 aliphatic carbocycles. The molecule has 0 amide bonds. The van der Waals surface area contributed by atoms with Crippen molar-refractivity contribution in [3.05, 3.63) is 96.1 Å². The van der Waals surface area contributed by atoms with Crippen LogP contribution in [0.15, 0.2) is 84.9 Å². The first kappa shape index (κ1) is 32.1. The number of halogens is 1. The van der Waals surface area contributed by atoms with E-state index < -0.39 is 0 Å². The molecule has 0 aliphatic heterocycles. The number of hydrogen-bond acceptors (Lipinski definition) is 3. The van der Waals surface area contributed by atoms with E-state index >= 15 is 0 Å². The van der Waals surface area contributed by atoms with Crippen LogP contribution in [-0.2, 0) is 17.8 Å². The average Bonchev–Trinajstić information content (AvgIpc) is 2.91. The molecule has 208 valence electrons. The Morgan fingerprint density at radius 2 is 1.08 bits per heavy atom. The molecule has 3 aromatic carbocycles. The molecule has 0 fully saturated rings. The standard InChI is InChI=1S/C33H46NO3.HI/c1-34(2,3)31(26-29-16-10-8-11-17-29)28-35-24-14-6-4-5-7-15-25-36-32-20-22-33(23-21-32)37-27-30-18-12-9-13-19-30;/h8-13,16-23,31H,4-7,14-15,24-28H2,1-3H3;1H/q+1;/p-1/t31-;/m0./s1. The van der Waals surface area contributed by atoms with Crippen molar-refractivity contribution in [2.45, 2.75) is 57.6 Å². The van der Waals surface area contributed by atoms with Crippen LogP contribution < -0.4 is 33.5 Å². The fraction of sp³-hybridized carbons (Fsp3) is 0.455. The summed E-state index contributed by atoms with van der Waals surface area (Å²) in [6.45, 7) is 3.02. The van der Waals surface area contributed by atoms with Gasteiger partial charge < -0.3 is 42.7 Å². The molecule has 5 heteroatoms. The Bertz CT molecular complexity index is 975. The molecule has 0 aliphatic rings. The Kier molecular flexibility index (Phi) is 15.4. The minimum Gasteiger partial charge on any atom is -1.00 e.